The summed E-state index contributed by atoms with van der Waals surface area (Å²) >= 11 is 3.56. The Labute approximate surface area is 210 Å². The summed E-state index contributed by atoms with van der Waals surface area (Å²) in [5.41, 5.74) is 11.1. The molecule has 34 heavy (non-hydrogen) atoms. The second-order valence-corrected chi connectivity index (χ2v) is 11.1. The SMILES string of the molecule is CC1(C)c2ccccc2-c2ccc(B(O)O)cc21.CC1(C)c2ccccc2-c2ccc(Br)cc21. The van der Waals surface area contributed by atoms with Crippen molar-refractivity contribution in [3.05, 3.63) is 112 Å². The number of fused-ring (bicyclic) bond motifs is 6. The second-order valence-electron chi connectivity index (χ2n) is 10.2. The van der Waals surface area contributed by atoms with Crippen LogP contribution in [0.25, 0.3) is 22.3 Å². The molecule has 0 aliphatic heterocycles. The number of rotatable bonds is 1. The molecule has 4 aromatic rings. The molecule has 6 rings (SSSR count). The van der Waals surface area contributed by atoms with Crippen LogP contribution < -0.4 is 5.46 Å². The Balaban J connectivity index is 0.000000142. The molecular weight excluding hydrogens is 483 g/mol. The van der Waals surface area contributed by atoms with Gasteiger partial charge in [0.25, 0.3) is 0 Å². The summed E-state index contributed by atoms with van der Waals surface area (Å²) in [6, 6.07) is 29.3. The number of benzene rings is 4. The van der Waals surface area contributed by atoms with Gasteiger partial charge in [0, 0.05) is 15.3 Å². The zero-order valence-electron chi connectivity index (χ0n) is 19.9. The third kappa shape index (κ3) is 3.56. The van der Waals surface area contributed by atoms with E-state index in [4.69, 9.17) is 0 Å². The summed E-state index contributed by atoms with van der Waals surface area (Å²) in [6.07, 6.45) is 0. The number of halogens is 1. The Morgan fingerprint density at radius 2 is 1.00 bits per heavy atom. The summed E-state index contributed by atoms with van der Waals surface area (Å²) in [5, 5.41) is 18.6. The Kier molecular flexibility index (Phi) is 5.59. The van der Waals surface area contributed by atoms with E-state index in [-0.39, 0.29) is 10.8 Å². The van der Waals surface area contributed by atoms with E-state index in [1.54, 1.807) is 6.07 Å². The normalized spacial score (nSPS) is 15.4. The van der Waals surface area contributed by atoms with Crippen molar-refractivity contribution in [1.82, 2.24) is 0 Å². The second kappa shape index (κ2) is 8.23. The highest BCUT2D eigenvalue weighted by atomic mass is 79.9. The molecule has 2 nitrogen and oxygen atoms in total. The molecule has 4 aromatic carbocycles. The molecular formula is C30H28BBrO2. The van der Waals surface area contributed by atoms with Gasteiger partial charge in [0.2, 0.25) is 0 Å². The average molecular weight is 511 g/mol. The van der Waals surface area contributed by atoms with Crippen LogP contribution >= 0.6 is 15.9 Å². The van der Waals surface area contributed by atoms with Crippen LogP contribution in [0.2, 0.25) is 0 Å². The van der Waals surface area contributed by atoms with Crippen LogP contribution in [-0.4, -0.2) is 17.2 Å². The zero-order chi connectivity index (χ0) is 24.3. The highest BCUT2D eigenvalue weighted by Crippen LogP contribution is 2.49. The standard InChI is InChI=1S/C15H15BO2.C15H13Br/c1-15(2)13-6-4-3-5-11(13)12-8-7-10(16(17)18)9-14(12)15;1-15(2)13-6-4-3-5-11(13)12-8-7-10(16)9-14(12)15/h3-9,17-18H,1-2H3;3-9H,1-2H3. The summed E-state index contributed by atoms with van der Waals surface area (Å²) in [4.78, 5) is 0. The molecule has 0 bridgehead atoms. The van der Waals surface area contributed by atoms with Gasteiger partial charge >= 0.3 is 7.12 Å². The van der Waals surface area contributed by atoms with Gasteiger partial charge in [-0.2, -0.15) is 0 Å². The fourth-order valence-electron chi connectivity index (χ4n) is 5.56. The topological polar surface area (TPSA) is 40.5 Å². The predicted octanol–water partition coefficient (Wildman–Crippen LogP) is 6.43. The quantitative estimate of drug-likeness (QED) is 0.290. The number of hydrogen-bond donors (Lipinski definition) is 2. The van der Waals surface area contributed by atoms with Gasteiger partial charge in [-0.1, -0.05) is 116 Å². The van der Waals surface area contributed by atoms with E-state index < -0.39 is 7.12 Å². The minimum absolute atomic E-state index is 0.0865. The Morgan fingerprint density at radius 3 is 1.53 bits per heavy atom. The van der Waals surface area contributed by atoms with Gasteiger partial charge in [-0.25, -0.2) is 0 Å². The van der Waals surface area contributed by atoms with Gasteiger partial charge in [0.1, 0.15) is 0 Å². The first-order chi connectivity index (χ1) is 16.1. The highest BCUT2D eigenvalue weighted by molar-refractivity contribution is 9.10. The van der Waals surface area contributed by atoms with Crippen LogP contribution in [-0.2, 0) is 10.8 Å². The van der Waals surface area contributed by atoms with Gasteiger partial charge in [-0.15, -0.1) is 0 Å². The molecule has 0 fully saturated rings. The van der Waals surface area contributed by atoms with Gasteiger partial charge in [-0.05, 0) is 62.1 Å². The molecule has 4 heteroatoms. The maximum absolute atomic E-state index is 9.30. The molecule has 0 saturated heterocycles. The van der Waals surface area contributed by atoms with Crippen molar-refractivity contribution in [2.45, 2.75) is 38.5 Å². The van der Waals surface area contributed by atoms with Crippen LogP contribution in [0.15, 0.2) is 89.4 Å². The minimum atomic E-state index is -1.41. The monoisotopic (exact) mass is 510 g/mol. The van der Waals surface area contributed by atoms with E-state index >= 15 is 0 Å². The summed E-state index contributed by atoms with van der Waals surface area (Å²) in [6.45, 7) is 8.94. The van der Waals surface area contributed by atoms with Gasteiger partial charge < -0.3 is 10.0 Å². The van der Waals surface area contributed by atoms with Crippen molar-refractivity contribution in [2.75, 3.05) is 0 Å². The van der Waals surface area contributed by atoms with Gasteiger partial charge in [-0.3, -0.25) is 0 Å². The van der Waals surface area contributed by atoms with E-state index in [2.05, 4.69) is 98.2 Å². The van der Waals surface area contributed by atoms with Crippen LogP contribution in [0.5, 0.6) is 0 Å². The van der Waals surface area contributed by atoms with E-state index in [0.29, 0.717) is 5.46 Å². The summed E-state index contributed by atoms with van der Waals surface area (Å²) < 4.78 is 1.16. The predicted molar refractivity (Wildman–Crippen MR) is 146 cm³/mol. The molecule has 0 unspecified atom stereocenters. The first-order valence-electron chi connectivity index (χ1n) is 11.6. The molecule has 0 saturated carbocycles. The summed E-state index contributed by atoms with van der Waals surface area (Å²) in [5.74, 6) is 0. The fraction of sp³-hybridized carbons (Fsp3) is 0.200. The molecule has 2 N–H and O–H groups in total. The van der Waals surface area contributed by atoms with Crippen LogP contribution in [0.4, 0.5) is 0 Å². The van der Waals surface area contributed by atoms with Crippen molar-refractivity contribution >= 4 is 28.5 Å². The van der Waals surface area contributed by atoms with Crippen molar-refractivity contribution in [3.63, 3.8) is 0 Å². The molecule has 0 radical (unpaired) electrons. The molecule has 170 valence electrons. The first kappa shape index (κ1) is 23.1. The third-order valence-corrected chi connectivity index (χ3v) is 7.94. The van der Waals surface area contributed by atoms with Crippen molar-refractivity contribution in [3.8, 4) is 22.3 Å². The van der Waals surface area contributed by atoms with Crippen LogP contribution in [0, 0.1) is 0 Å². The van der Waals surface area contributed by atoms with E-state index in [1.807, 2.05) is 24.3 Å². The lowest BCUT2D eigenvalue weighted by Crippen LogP contribution is -2.31. The maximum Gasteiger partial charge on any atom is 0.488 e. The van der Waals surface area contributed by atoms with Gasteiger partial charge in [0.05, 0.1) is 0 Å². The third-order valence-electron chi connectivity index (χ3n) is 7.45. The molecule has 0 amide bonds. The molecule has 0 atom stereocenters. The lowest BCUT2D eigenvalue weighted by Gasteiger charge is -2.21. The molecule has 2 aliphatic rings. The van der Waals surface area contributed by atoms with E-state index in [0.717, 1.165) is 10.0 Å². The largest absolute Gasteiger partial charge is 0.488 e. The zero-order valence-corrected chi connectivity index (χ0v) is 21.5. The van der Waals surface area contributed by atoms with Crippen LogP contribution in [0.3, 0.4) is 0 Å². The highest BCUT2D eigenvalue weighted by Gasteiger charge is 2.36. The Morgan fingerprint density at radius 1 is 0.559 bits per heavy atom. The molecule has 0 spiro atoms. The maximum atomic E-state index is 9.30. The minimum Gasteiger partial charge on any atom is -0.423 e. The number of hydrogen-bond acceptors (Lipinski definition) is 2. The average Bonchev–Trinajstić information content (AvgIpc) is 3.19. The van der Waals surface area contributed by atoms with Crippen molar-refractivity contribution < 1.29 is 10.0 Å². The van der Waals surface area contributed by atoms with Crippen LogP contribution in [0.1, 0.15) is 49.9 Å². The molecule has 0 aromatic heterocycles. The lowest BCUT2D eigenvalue weighted by molar-refractivity contribution is 0.425. The summed E-state index contributed by atoms with van der Waals surface area (Å²) in [7, 11) is -1.41. The van der Waals surface area contributed by atoms with Gasteiger partial charge in [0.15, 0.2) is 0 Å². The molecule has 2 aliphatic carbocycles. The molecule has 0 heterocycles. The van der Waals surface area contributed by atoms with Crippen molar-refractivity contribution in [1.29, 1.82) is 0 Å². The Bertz CT molecular complexity index is 1400. The van der Waals surface area contributed by atoms with E-state index in [1.165, 1.54) is 38.9 Å². The lowest BCUT2D eigenvalue weighted by atomic mass is 9.75. The first-order valence-corrected chi connectivity index (χ1v) is 12.4. The van der Waals surface area contributed by atoms with Crippen molar-refractivity contribution in [2.24, 2.45) is 0 Å². The Hall–Kier alpha value is -2.66. The smallest absolute Gasteiger partial charge is 0.423 e. The van der Waals surface area contributed by atoms with E-state index in [9.17, 15) is 10.0 Å². The fourth-order valence-corrected chi connectivity index (χ4v) is 5.92.